The molecule has 0 fully saturated rings. The van der Waals surface area contributed by atoms with Crippen molar-refractivity contribution in [2.45, 2.75) is 19.4 Å². The van der Waals surface area contributed by atoms with E-state index in [1.807, 2.05) is 0 Å². The highest BCUT2D eigenvalue weighted by molar-refractivity contribution is 5.98. The first kappa shape index (κ1) is 11.3. The lowest BCUT2D eigenvalue weighted by atomic mass is 10.0. The first-order chi connectivity index (χ1) is 8.00. The Morgan fingerprint density at radius 2 is 2.24 bits per heavy atom. The Morgan fingerprint density at radius 3 is 2.82 bits per heavy atom. The number of cyclic esters (lactones) is 1. The molecule has 1 heterocycles. The van der Waals surface area contributed by atoms with E-state index in [2.05, 4.69) is 0 Å². The number of nitrogens with zero attached hydrogens (tertiary/aromatic N) is 1. The van der Waals surface area contributed by atoms with Gasteiger partial charge in [0, 0.05) is 18.1 Å². The van der Waals surface area contributed by atoms with Crippen LogP contribution in [0.25, 0.3) is 0 Å². The van der Waals surface area contributed by atoms with Gasteiger partial charge in [-0.1, -0.05) is 12.1 Å². The van der Waals surface area contributed by atoms with Gasteiger partial charge >= 0.3 is 5.97 Å². The molecule has 17 heavy (non-hydrogen) atoms. The van der Waals surface area contributed by atoms with Crippen LogP contribution in [0, 0.1) is 10.1 Å². The third-order valence-electron chi connectivity index (χ3n) is 2.54. The molecule has 0 saturated carbocycles. The number of hydrogen-bond acceptors (Lipinski definition) is 5. The smallest absolute Gasteiger partial charge is 0.346 e. The average molecular weight is 235 g/mol. The molecule has 6 nitrogen and oxygen atoms in total. The number of esters is 1. The van der Waals surface area contributed by atoms with Crippen LogP contribution >= 0.6 is 0 Å². The number of rotatable bonds is 3. The highest BCUT2D eigenvalue weighted by atomic mass is 16.6. The number of ketones is 1. The van der Waals surface area contributed by atoms with E-state index in [9.17, 15) is 19.7 Å². The lowest BCUT2D eigenvalue weighted by molar-refractivity contribution is -0.385. The molecule has 1 aromatic carbocycles. The maximum absolute atomic E-state index is 11.5. The van der Waals surface area contributed by atoms with Gasteiger partial charge in [0.15, 0.2) is 0 Å². The summed E-state index contributed by atoms with van der Waals surface area (Å²) in [5, 5.41) is 10.8. The third-order valence-corrected chi connectivity index (χ3v) is 2.54. The molecule has 1 aromatic rings. The van der Waals surface area contributed by atoms with Gasteiger partial charge in [-0.3, -0.25) is 14.9 Å². The molecular formula is C11H9NO5. The van der Waals surface area contributed by atoms with E-state index in [4.69, 9.17) is 4.74 Å². The molecule has 0 aromatic heterocycles. The number of nitro benzene ring substituents is 1. The fourth-order valence-electron chi connectivity index (χ4n) is 1.86. The van der Waals surface area contributed by atoms with Crippen LogP contribution in [0.4, 0.5) is 5.69 Å². The van der Waals surface area contributed by atoms with Crippen molar-refractivity contribution in [3.05, 3.63) is 39.4 Å². The van der Waals surface area contributed by atoms with Gasteiger partial charge in [-0.15, -0.1) is 0 Å². The van der Waals surface area contributed by atoms with Crippen molar-refractivity contribution in [2.24, 2.45) is 0 Å². The molecule has 1 aliphatic heterocycles. The van der Waals surface area contributed by atoms with Crippen LogP contribution in [0.1, 0.15) is 35.4 Å². The molecule has 0 aliphatic carbocycles. The summed E-state index contributed by atoms with van der Waals surface area (Å²) in [5.41, 5.74) is 0.0988. The van der Waals surface area contributed by atoms with Crippen molar-refractivity contribution in [1.29, 1.82) is 0 Å². The summed E-state index contributed by atoms with van der Waals surface area (Å²) in [6.07, 6.45) is -0.658. The number of fused-ring (bicyclic) bond motifs is 1. The topological polar surface area (TPSA) is 86.5 Å². The zero-order chi connectivity index (χ0) is 12.6. The first-order valence-corrected chi connectivity index (χ1v) is 4.98. The number of carbonyl (C=O) groups is 2. The number of benzene rings is 1. The van der Waals surface area contributed by atoms with Gasteiger partial charge in [0.05, 0.1) is 4.92 Å². The van der Waals surface area contributed by atoms with Crippen LogP contribution < -0.4 is 0 Å². The number of ether oxygens (including phenoxy) is 1. The van der Waals surface area contributed by atoms with Gasteiger partial charge in [0.2, 0.25) is 0 Å². The summed E-state index contributed by atoms with van der Waals surface area (Å²) < 4.78 is 4.97. The Labute approximate surface area is 96.3 Å². The molecule has 0 amide bonds. The van der Waals surface area contributed by atoms with E-state index in [1.54, 1.807) is 6.07 Å². The SMILES string of the molecule is CC(=O)C[C@H]1OC(=O)c2c1cccc2[N+](=O)[O-]. The van der Waals surface area contributed by atoms with Crippen molar-refractivity contribution >= 4 is 17.4 Å². The van der Waals surface area contributed by atoms with Crippen LogP contribution in [0.15, 0.2) is 18.2 Å². The second kappa shape index (κ2) is 3.97. The highest BCUT2D eigenvalue weighted by Gasteiger charge is 2.37. The van der Waals surface area contributed by atoms with Gasteiger partial charge in [-0.05, 0) is 6.92 Å². The molecule has 0 bridgehead atoms. The zero-order valence-electron chi connectivity index (χ0n) is 9.00. The van der Waals surface area contributed by atoms with Crippen molar-refractivity contribution in [3.8, 4) is 0 Å². The van der Waals surface area contributed by atoms with Gasteiger partial charge in [0.1, 0.15) is 17.5 Å². The van der Waals surface area contributed by atoms with Gasteiger partial charge in [-0.2, -0.15) is 0 Å². The number of hydrogen-bond donors (Lipinski definition) is 0. The van der Waals surface area contributed by atoms with E-state index >= 15 is 0 Å². The Bertz CT molecular complexity index is 523. The molecule has 6 heteroatoms. The Balaban J connectivity index is 2.50. The van der Waals surface area contributed by atoms with Crippen LogP contribution in [-0.4, -0.2) is 16.7 Å². The second-order valence-corrected chi connectivity index (χ2v) is 3.80. The molecule has 0 radical (unpaired) electrons. The Morgan fingerprint density at radius 1 is 1.53 bits per heavy atom. The number of nitro groups is 1. The lowest BCUT2D eigenvalue weighted by Crippen LogP contribution is -2.03. The zero-order valence-corrected chi connectivity index (χ0v) is 9.00. The standard InChI is InChI=1S/C11H9NO5/c1-6(13)5-9-7-3-2-4-8(12(15)16)10(7)11(14)17-9/h2-4,9H,5H2,1H3/t9-/m1/s1. The van der Waals surface area contributed by atoms with Crippen molar-refractivity contribution in [2.75, 3.05) is 0 Å². The van der Waals surface area contributed by atoms with E-state index in [0.717, 1.165) is 0 Å². The lowest BCUT2D eigenvalue weighted by Gasteiger charge is -2.07. The van der Waals surface area contributed by atoms with Crippen LogP contribution in [0.5, 0.6) is 0 Å². The summed E-state index contributed by atoms with van der Waals surface area (Å²) >= 11 is 0. The van der Waals surface area contributed by atoms with Crippen LogP contribution in [-0.2, 0) is 9.53 Å². The predicted molar refractivity (Wildman–Crippen MR) is 56.6 cm³/mol. The van der Waals surface area contributed by atoms with E-state index in [1.165, 1.54) is 19.1 Å². The van der Waals surface area contributed by atoms with Crippen molar-refractivity contribution in [1.82, 2.24) is 0 Å². The number of Topliss-reactive ketones (excluding diaryl/α,β-unsaturated/α-hetero) is 1. The third kappa shape index (κ3) is 1.89. The van der Waals surface area contributed by atoms with Gasteiger partial charge in [-0.25, -0.2) is 4.79 Å². The largest absolute Gasteiger partial charge is 0.453 e. The van der Waals surface area contributed by atoms with E-state index in [0.29, 0.717) is 5.56 Å². The van der Waals surface area contributed by atoms with Crippen molar-refractivity contribution < 1.29 is 19.2 Å². The normalized spacial score (nSPS) is 17.5. The van der Waals surface area contributed by atoms with Crippen LogP contribution in [0.3, 0.4) is 0 Å². The molecule has 0 saturated heterocycles. The molecule has 2 rings (SSSR count). The fraction of sp³-hybridized carbons (Fsp3) is 0.273. The minimum absolute atomic E-state index is 0.0382. The monoisotopic (exact) mass is 235 g/mol. The molecule has 0 spiro atoms. The Hall–Kier alpha value is -2.24. The van der Waals surface area contributed by atoms with Crippen molar-refractivity contribution in [3.63, 3.8) is 0 Å². The fourth-order valence-corrected chi connectivity index (χ4v) is 1.86. The van der Waals surface area contributed by atoms with Gasteiger partial charge < -0.3 is 4.74 Å². The molecule has 1 atom stereocenters. The quantitative estimate of drug-likeness (QED) is 0.452. The molecule has 88 valence electrons. The maximum atomic E-state index is 11.5. The van der Waals surface area contributed by atoms with E-state index in [-0.39, 0.29) is 23.5 Å². The summed E-state index contributed by atoms with van der Waals surface area (Å²) in [7, 11) is 0. The predicted octanol–water partition coefficient (Wildman–Crippen LogP) is 1.79. The molecule has 1 aliphatic rings. The molecule has 0 N–H and O–H groups in total. The van der Waals surface area contributed by atoms with Gasteiger partial charge in [0.25, 0.3) is 5.69 Å². The summed E-state index contributed by atoms with van der Waals surface area (Å²) in [6.45, 7) is 1.38. The van der Waals surface area contributed by atoms with E-state index < -0.39 is 17.0 Å². The summed E-state index contributed by atoms with van der Waals surface area (Å²) in [5.74, 6) is -0.874. The molecule has 0 unspecified atom stereocenters. The maximum Gasteiger partial charge on any atom is 0.346 e. The highest BCUT2D eigenvalue weighted by Crippen LogP contribution is 2.37. The minimum Gasteiger partial charge on any atom is -0.453 e. The minimum atomic E-state index is -0.737. The number of carbonyl (C=O) groups excluding carboxylic acids is 2. The summed E-state index contributed by atoms with van der Waals surface area (Å²) in [6, 6.07) is 4.29. The Kier molecular flexibility index (Phi) is 2.63. The second-order valence-electron chi connectivity index (χ2n) is 3.80. The summed E-state index contributed by atoms with van der Waals surface area (Å²) in [4.78, 5) is 32.7. The average Bonchev–Trinajstić information content (AvgIpc) is 2.55. The van der Waals surface area contributed by atoms with Crippen LogP contribution in [0.2, 0.25) is 0 Å². The first-order valence-electron chi connectivity index (χ1n) is 4.98. The molecular weight excluding hydrogens is 226 g/mol.